The Morgan fingerprint density at radius 1 is 1.29 bits per heavy atom. The van der Waals surface area contributed by atoms with E-state index in [1.165, 1.54) is 23.8 Å². The molecule has 1 aromatic carbocycles. The summed E-state index contributed by atoms with van der Waals surface area (Å²) in [6.45, 7) is 3.02. The van der Waals surface area contributed by atoms with Crippen molar-refractivity contribution in [3.05, 3.63) is 35.9 Å². The molecule has 0 amide bonds. The van der Waals surface area contributed by atoms with E-state index in [1.54, 1.807) is 7.11 Å². The van der Waals surface area contributed by atoms with Gasteiger partial charge in [-0.15, -0.1) is 0 Å². The summed E-state index contributed by atoms with van der Waals surface area (Å²) >= 11 is 3.61. The Hall–Kier alpha value is -1.13. The summed E-state index contributed by atoms with van der Waals surface area (Å²) in [5.74, 6) is 1.83. The highest BCUT2D eigenvalue weighted by atomic mass is 79.9. The molecule has 0 saturated carbocycles. The van der Waals surface area contributed by atoms with Gasteiger partial charge < -0.3 is 9.64 Å². The standard InChI is InChI=1S/C17H21BrN2O/c1-21-12-13-6-8-20(9-7-13)17-15(11-18)10-14-4-2-3-5-16(14)19-17/h2-5,10,13H,6-9,11-12H2,1H3. The van der Waals surface area contributed by atoms with E-state index in [4.69, 9.17) is 9.72 Å². The van der Waals surface area contributed by atoms with Crippen LogP contribution in [-0.4, -0.2) is 31.8 Å². The van der Waals surface area contributed by atoms with Crippen molar-refractivity contribution in [2.45, 2.75) is 18.2 Å². The molecule has 1 fully saturated rings. The molecule has 1 aromatic heterocycles. The molecule has 1 aliphatic rings. The number of pyridine rings is 1. The fourth-order valence-corrected chi connectivity index (χ4v) is 3.48. The Bertz CT molecular complexity index is 609. The summed E-state index contributed by atoms with van der Waals surface area (Å²) in [5.41, 5.74) is 2.36. The molecule has 1 saturated heterocycles. The molecule has 2 heterocycles. The largest absolute Gasteiger partial charge is 0.384 e. The number of anilines is 1. The average molecular weight is 349 g/mol. The number of rotatable bonds is 4. The molecule has 0 spiro atoms. The van der Waals surface area contributed by atoms with Crippen LogP contribution in [0.1, 0.15) is 18.4 Å². The summed E-state index contributed by atoms with van der Waals surface area (Å²) in [7, 11) is 1.79. The molecule has 0 aliphatic carbocycles. The van der Waals surface area contributed by atoms with Gasteiger partial charge in [-0.3, -0.25) is 0 Å². The van der Waals surface area contributed by atoms with Crippen molar-refractivity contribution in [3.8, 4) is 0 Å². The quantitative estimate of drug-likeness (QED) is 0.781. The van der Waals surface area contributed by atoms with Crippen molar-refractivity contribution in [3.63, 3.8) is 0 Å². The minimum Gasteiger partial charge on any atom is -0.384 e. The van der Waals surface area contributed by atoms with Crippen LogP contribution < -0.4 is 4.90 Å². The van der Waals surface area contributed by atoms with Gasteiger partial charge in [0.25, 0.3) is 0 Å². The maximum Gasteiger partial charge on any atom is 0.133 e. The number of hydrogen-bond donors (Lipinski definition) is 0. The van der Waals surface area contributed by atoms with E-state index >= 15 is 0 Å². The van der Waals surface area contributed by atoms with E-state index in [0.29, 0.717) is 5.92 Å². The molecule has 3 rings (SSSR count). The van der Waals surface area contributed by atoms with Crippen LogP contribution in [0.15, 0.2) is 30.3 Å². The number of nitrogens with zero attached hydrogens (tertiary/aromatic N) is 2. The third-order valence-corrected chi connectivity index (χ3v) is 4.84. The predicted molar refractivity (Wildman–Crippen MR) is 91.2 cm³/mol. The average Bonchev–Trinajstić information content (AvgIpc) is 2.54. The van der Waals surface area contributed by atoms with E-state index in [0.717, 1.165) is 36.4 Å². The van der Waals surface area contributed by atoms with E-state index in [9.17, 15) is 0 Å². The van der Waals surface area contributed by atoms with Crippen molar-refractivity contribution < 1.29 is 4.74 Å². The molecular formula is C17H21BrN2O. The molecule has 0 unspecified atom stereocenters. The second-order valence-electron chi connectivity index (χ2n) is 5.68. The van der Waals surface area contributed by atoms with Crippen LogP contribution >= 0.6 is 15.9 Å². The Morgan fingerprint density at radius 3 is 2.76 bits per heavy atom. The predicted octanol–water partition coefficient (Wildman–Crippen LogP) is 3.99. The van der Waals surface area contributed by atoms with Crippen molar-refractivity contribution in [2.24, 2.45) is 5.92 Å². The fourth-order valence-electron chi connectivity index (χ4n) is 3.07. The number of halogens is 1. The number of ether oxygens (including phenoxy) is 1. The number of benzene rings is 1. The highest BCUT2D eigenvalue weighted by Gasteiger charge is 2.22. The van der Waals surface area contributed by atoms with Gasteiger partial charge in [0.15, 0.2) is 0 Å². The zero-order valence-corrected chi connectivity index (χ0v) is 14.0. The number of aromatic nitrogens is 1. The van der Waals surface area contributed by atoms with Crippen molar-refractivity contribution in [1.29, 1.82) is 0 Å². The maximum atomic E-state index is 5.28. The van der Waals surface area contributed by atoms with Crippen LogP contribution in [0.25, 0.3) is 10.9 Å². The number of para-hydroxylation sites is 1. The summed E-state index contributed by atoms with van der Waals surface area (Å²) in [6, 6.07) is 10.6. The van der Waals surface area contributed by atoms with Gasteiger partial charge in [0.1, 0.15) is 5.82 Å². The van der Waals surface area contributed by atoms with E-state index in [-0.39, 0.29) is 0 Å². The number of fused-ring (bicyclic) bond motifs is 1. The van der Waals surface area contributed by atoms with Gasteiger partial charge in [0.05, 0.1) is 5.52 Å². The molecule has 1 aliphatic heterocycles. The molecule has 2 aromatic rings. The van der Waals surface area contributed by atoms with Gasteiger partial charge in [0, 0.05) is 43.1 Å². The van der Waals surface area contributed by atoms with E-state index < -0.39 is 0 Å². The highest BCUT2D eigenvalue weighted by molar-refractivity contribution is 9.08. The minimum atomic E-state index is 0.694. The second-order valence-corrected chi connectivity index (χ2v) is 6.24. The third-order valence-electron chi connectivity index (χ3n) is 4.24. The summed E-state index contributed by atoms with van der Waals surface area (Å²) in [6.07, 6.45) is 2.37. The van der Waals surface area contributed by atoms with Crippen LogP contribution in [0.2, 0.25) is 0 Å². The molecule has 21 heavy (non-hydrogen) atoms. The molecule has 0 N–H and O–H groups in total. The normalized spacial score (nSPS) is 16.6. The van der Waals surface area contributed by atoms with Crippen molar-refractivity contribution in [1.82, 2.24) is 4.98 Å². The molecule has 0 bridgehead atoms. The molecule has 3 nitrogen and oxygen atoms in total. The summed E-state index contributed by atoms with van der Waals surface area (Å²) in [5, 5.41) is 2.06. The lowest BCUT2D eigenvalue weighted by Gasteiger charge is -2.33. The molecule has 4 heteroatoms. The molecule has 0 radical (unpaired) electrons. The second kappa shape index (κ2) is 6.75. The Morgan fingerprint density at radius 2 is 2.05 bits per heavy atom. The Kier molecular flexibility index (Phi) is 4.76. The first-order chi connectivity index (χ1) is 10.3. The van der Waals surface area contributed by atoms with E-state index in [1.807, 2.05) is 0 Å². The zero-order valence-electron chi connectivity index (χ0n) is 12.4. The minimum absolute atomic E-state index is 0.694. The monoisotopic (exact) mass is 348 g/mol. The number of methoxy groups -OCH3 is 1. The first-order valence-corrected chi connectivity index (χ1v) is 8.62. The smallest absolute Gasteiger partial charge is 0.133 e. The third kappa shape index (κ3) is 3.22. The number of hydrogen-bond acceptors (Lipinski definition) is 3. The van der Waals surface area contributed by atoms with Gasteiger partial charge >= 0.3 is 0 Å². The molecular weight excluding hydrogens is 328 g/mol. The van der Waals surface area contributed by atoms with Crippen LogP contribution in [0.3, 0.4) is 0 Å². The molecule has 112 valence electrons. The summed E-state index contributed by atoms with van der Waals surface area (Å²) in [4.78, 5) is 7.33. The fraction of sp³-hybridized carbons (Fsp3) is 0.471. The lowest BCUT2D eigenvalue weighted by Crippen LogP contribution is -2.36. The summed E-state index contributed by atoms with van der Waals surface area (Å²) < 4.78 is 5.28. The lowest BCUT2D eigenvalue weighted by atomic mass is 9.97. The van der Waals surface area contributed by atoms with Crippen LogP contribution in [0.4, 0.5) is 5.82 Å². The van der Waals surface area contributed by atoms with Crippen LogP contribution in [0.5, 0.6) is 0 Å². The van der Waals surface area contributed by atoms with Crippen LogP contribution in [-0.2, 0) is 10.1 Å². The Balaban J connectivity index is 1.86. The molecule has 0 atom stereocenters. The van der Waals surface area contributed by atoms with Crippen LogP contribution in [0, 0.1) is 5.92 Å². The first-order valence-electron chi connectivity index (χ1n) is 7.50. The zero-order chi connectivity index (χ0) is 14.7. The topological polar surface area (TPSA) is 25.4 Å². The van der Waals surface area contributed by atoms with Gasteiger partial charge in [-0.05, 0) is 30.9 Å². The van der Waals surface area contributed by atoms with Crippen molar-refractivity contribution in [2.75, 3.05) is 31.7 Å². The van der Waals surface area contributed by atoms with Gasteiger partial charge in [-0.1, -0.05) is 34.1 Å². The van der Waals surface area contributed by atoms with Gasteiger partial charge in [-0.2, -0.15) is 0 Å². The highest BCUT2D eigenvalue weighted by Crippen LogP contribution is 2.29. The Labute approximate surface area is 134 Å². The van der Waals surface area contributed by atoms with Gasteiger partial charge in [0.2, 0.25) is 0 Å². The first kappa shape index (κ1) is 14.8. The van der Waals surface area contributed by atoms with Crippen molar-refractivity contribution >= 4 is 32.7 Å². The maximum absolute atomic E-state index is 5.28. The SMILES string of the molecule is COCC1CCN(c2nc3ccccc3cc2CBr)CC1. The van der Waals surface area contributed by atoms with E-state index in [2.05, 4.69) is 51.2 Å². The van der Waals surface area contributed by atoms with Gasteiger partial charge in [-0.25, -0.2) is 4.98 Å². The number of alkyl halides is 1. The number of piperidine rings is 1. The lowest BCUT2D eigenvalue weighted by molar-refractivity contribution is 0.139.